The molecule has 1 unspecified atom stereocenters. The van der Waals surface area contributed by atoms with Gasteiger partial charge in [0.1, 0.15) is 6.10 Å². The summed E-state index contributed by atoms with van der Waals surface area (Å²) in [7, 11) is 1.77. The Bertz CT molecular complexity index is 571. The van der Waals surface area contributed by atoms with E-state index in [0.29, 0.717) is 18.5 Å². The summed E-state index contributed by atoms with van der Waals surface area (Å²) in [5.74, 6) is 1.43. The highest BCUT2D eigenvalue weighted by Crippen LogP contribution is 2.16. The first-order chi connectivity index (χ1) is 12.5. The van der Waals surface area contributed by atoms with E-state index in [-0.39, 0.29) is 17.7 Å². The van der Waals surface area contributed by atoms with E-state index in [4.69, 9.17) is 4.74 Å². The van der Waals surface area contributed by atoms with Crippen LogP contribution in [0.5, 0.6) is 5.75 Å². The maximum absolute atomic E-state index is 13.6. The molecule has 146 valence electrons. The van der Waals surface area contributed by atoms with Gasteiger partial charge in [-0.3, -0.25) is 4.99 Å². The van der Waals surface area contributed by atoms with Crippen molar-refractivity contribution in [1.29, 1.82) is 0 Å². The second kappa shape index (κ2) is 10.4. The molecule has 0 spiro atoms. The third kappa shape index (κ3) is 6.83. The molecule has 1 saturated heterocycles. The molecule has 1 heterocycles. The average molecular weight is 365 g/mol. The van der Waals surface area contributed by atoms with E-state index in [1.165, 1.54) is 12.6 Å². The molecular formula is C20H33FN4O. The minimum Gasteiger partial charge on any atom is -0.486 e. The predicted octanol–water partition coefficient (Wildman–Crippen LogP) is 2.88. The molecule has 1 aliphatic heterocycles. The maximum Gasteiger partial charge on any atom is 0.191 e. The fourth-order valence-corrected chi connectivity index (χ4v) is 3.20. The van der Waals surface area contributed by atoms with Crippen LogP contribution in [0.25, 0.3) is 0 Å². The molecular weight excluding hydrogens is 331 g/mol. The van der Waals surface area contributed by atoms with E-state index in [1.54, 1.807) is 25.2 Å². The molecule has 1 fully saturated rings. The van der Waals surface area contributed by atoms with Gasteiger partial charge in [0.25, 0.3) is 0 Å². The predicted molar refractivity (Wildman–Crippen MR) is 105 cm³/mol. The minimum atomic E-state index is -0.338. The molecule has 0 saturated carbocycles. The zero-order valence-electron chi connectivity index (χ0n) is 16.5. The third-order valence-electron chi connectivity index (χ3n) is 4.50. The molecule has 0 radical (unpaired) electrons. The molecule has 0 amide bonds. The molecule has 2 rings (SSSR count). The lowest BCUT2D eigenvalue weighted by molar-refractivity contribution is 0.186. The molecule has 0 aliphatic carbocycles. The van der Waals surface area contributed by atoms with Crippen LogP contribution in [-0.4, -0.2) is 56.2 Å². The van der Waals surface area contributed by atoms with E-state index >= 15 is 0 Å². The van der Waals surface area contributed by atoms with E-state index < -0.39 is 0 Å². The lowest BCUT2D eigenvalue weighted by Gasteiger charge is -2.34. The standard InChI is InChI=1S/C20H33FN4O/c1-15(2)14-25-11-9-17(10-12-25)24-20(22-4)23-13-16(3)26-19-8-6-5-7-18(19)21/h5-8,15-17H,9-14H2,1-4H3,(H2,22,23,24). The number of ether oxygens (including phenoxy) is 1. The second-order valence-corrected chi connectivity index (χ2v) is 7.43. The first kappa shape index (κ1) is 20.5. The zero-order valence-corrected chi connectivity index (χ0v) is 16.5. The Hall–Kier alpha value is -1.82. The average Bonchev–Trinajstić information content (AvgIpc) is 2.61. The number of benzene rings is 1. The number of halogens is 1. The number of rotatable bonds is 7. The third-order valence-corrected chi connectivity index (χ3v) is 4.50. The smallest absolute Gasteiger partial charge is 0.191 e. The number of hydrogen-bond acceptors (Lipinski definition) is 3. The van der Waals surface area contributed by atoms with Crippen LogP contribution < -0.4 is 15.4 Å². The fraction of sp³-hybridized carbons (Fsp3) is 0.650. The number of nitrogens with one attached hydrogen (secondary N) is 2. The zero-order chi connectivity index (χ0) is 18.9. The summed E-state index contributed by atoms with van der Waals surface area (Å²) >= 11 is 0. The van der Waals surface area contributed by atoms with Gasteiger partial charge in [-0.1, -0.05) is 26.0 Å². The van der Waals surface area contributed by atoms with Crippen molar-refractivity contribution in [3.63, 3.8) is 0 Å². The molecule has 5 nitrogen and oxygen atoms in total. The van der Waals surface area contributed by atoms with Gasteiger partial charge in [0, 0.05) is 32.7 Å². The van der Waals surface area contributed by atoms with Gasteiger partial charge in [0.15, 0.2) is 17.5 Å². The van der Waals surface area contributed by atoms with Crippen molar-refractivity contribution >= 4 is 5.96 Å². The maximum atomic E-state index is 13.6. The number of nitrogens with zero attached hydrogens (tertiary/aromatic N) is 2. The van der Waals surface area contributed by atoms with Gasteiger partial charge in [-0.25, -0.2) is 4.39 Å². The van der Waals surface area contributed by atoms with Crippen LogP contribution in [0.4, 0.5) is 4.39 Å². The van der Waals surface area contributed by atoms with Crippen LogP contribution in [0.1, 0.15) is 33.6 Å². The monoisotopic (exact) mass is 364 g/mol. The summed E-state index contributed by atoms with van der Waals surface area (Å²) in [6, 6.07) is 6.91. The van der Waals surface area contributed by atoms with E-state index in [0.717, 1.165) is 31.9 Å². The van der Waals surface area contributed by atoms with Crippen LogP contribution in [-0.2, 0) is 0 Å². The molecule has 1 atom stereocenters. The summed E-state index contributed by atoms with van der Waals surface area (Å²) in [4.78, 5) is 6.83. The highest BCUT2D eigenvalue weighted by molar-refractivity contribution is 5.80. The topological polar surface area (TPSA) is 48.9 Å². The van der Waals surface area contributed by atoms with Crippen molar-refractivity contribution in [3.05, 3.63) is 30.1 Å². The lowest BCUT2D eigenvalue weighted by atomic mass is 10.0. The Morgan fingerprint density at radius 1 is 1.27 bits per heavy atom. The number of aliphatic imine (C=N–C) groups is 1. The number of guanidine groups is 1. The van der Waals surface area contributed by atoms with Crippen molar-refractivity contribution in [2.45, 2.75) is 45.8 Å². The van der Waals surface area contributed by atoms with E-state index in [2.05, 4.69) is 34.4 Å². The van der Waals surface area contributed by atoms with Crippen molar-refractivity contribution in [2.24, 2.45) is 10.9 Å². The van der Waals surface area contributed by atoms with Crippen LogP contribution >= 0.6 is 0 Å². The van der Waals surface area contributed by atoms with Crippen LogP contribution in [0.2, 0.25) is 0 Å². The van der Waals surface area contributed by atoms with Crippen LogP contribution in [0.3, 0.4) is 0 Å². The highest BCUT2D eigenvalue weighted by Gasteiger charge is 2.20. The second-order valence-electron chi connectivity index (χ2n) is 7.43. The molecule has 26 heavy (non-hydrogen) atoms. The van der Waals surface area contributed by atoms with Gasteiger partial charge in [0.05, 0.1) is 6.54 Å². The van der Waals surface area contributed by atoms with Crippen molar-refractivity contribution < 1.29 is 9.13 Å². The Labute approximate surface area is 157 Å². The van der Waals surface area contributed by atoms with Crippen molar-refractivity contribution in [2.75, 3.05) is 33.2 Å². The van der Waals surface area contributed by atoms with Gasteiger partial charge in [-0.15, -0.1) is 0 Å². The molecule has 0 aromatic heterocycles. The van der Waals surface area contributed by atoms with Crippen LogP contribution in [0.15, 0.2) is 29.3 Å². The van der Waals surface area contributed by atoms with Crippen molar-refractivity contribution in [3.8, 4) is 5.75 Å². The molecule has 2 N–H and O–H groups in total. The molecule has 6 heteroatoms. The summed E-state index contributed by atoms with van der Waals surface area (Å²) in [5, 5.41) is 6.77. The van der Waals surface area contributed by atoms with Gasteiger partial charge in [-0.2, -0.15) is 0 Å². The SMILES string of the molecule is CN=C(NCC(C)Oc1ccccc1F)NC1CCN(CC(C)C)CC1. The largest absolute Gasteiger partial charge is 0.486 e. The van der Waals surface area contributed by atoms with Gasteiger partial charge >= 0.3 is 0 Å². The molecule has 1 aliphatic rings. The van der Waals surface area contributed by atoms with Gasteiger partial charge in [0.2, 0.25) is 0 Å². The van der Waals surface area contributed by atoms with Crippen LogP contribution in [0, 0.1) is 11.7 Å². The minimum absolute atomic E-state index is 0.168. The van der Waals surface area contributed by atoms with E-state index in [1.807, 2.05) is 6.92 Å². The fourth-order valence-electron chi connectivity index (χ4n) is 3.20. The lowest BCUT2D eigenvalue weighted by Crippen LogP contribution is -2.50. The normalized spacial score (nSPS) is 18.0. The highest BCUT2D eigenvalue weighted by atomic mass is 19.1. The Morgan fingerprint density at radius 2 is 1.96 bits per heavy atom. The number of hydrogen-bond donors (Lipinski definition) is 2. The molecule has 1 aromatic rings. The van der Waals surface area contributed by atoms with Gasteiger partial charge < -0.3 is 20.3 Å². The Balaban J connectivity index is 1.72. The van der Waals surface area contributed by atoms with E-state index in [9.17, 15) is 4.39 Å². The summed E-state index contributed by atoms with van der Waals surface area (Å²) in [5.41, 5.74) is 0. The molecule has 1 aromatic carbocycles. The number of likely N-dealkylation sites (tertiary alicyclic amines) is 1. The van der Waals surface area contributed by atoms with Crippen molar-refractivity contribution in [1.82, 2.24) is 15.5 Å². The Morgan fingerprint density at radius 3 is 2.58 bits per heavy atom. The summed E-state index contributed by atoms with van der Waals surface area (Å²) in [6.07, 6.45) is 2.07. The van der Waals surface area contributed by atoms with Gasteiger partial charge in [-0.05, 0) is 37.8 Å². The summed E-state index contributed by atoms with van der Waals surface area (Å²) in [6.45, 7) is 10.4. The quantitative estimate of drug-likeness (QED) is 0.577. The molecule has 0 bridgehead atoms. The first-order valence-electron chi connectivity index (χ1n) is 9.58. The summed E-state index contributed by atoms with van der Waals surface area (Å²) < 4.78 is 19.3. The Kier molecular flexibility index (Phi) is 8.16. The number of para-hydroxylation sites is 1. The number of piperidine rings is 1. The first-order valence-corrected chi connectivity index (χ1v) is 9.58.